The minimum atomic E-state index is 0. The second kappa shape index (κ2) is 6.75. The van der Waals surface area contributed by atoms with Crippen molar-refractivity contribution in [1.29, 1.82) is 0 Å². The van der Waals surface area contributed by atoms with Crippen molar-refractivity contribution in [1.82, 2.24) is 0 Å². The normalized spacial score (nSPS) is 8.17. The molecule has 0 fully saturated rings. The van der Waals surface area contributed by atoms with Crippen LogP contribution < -0.4 is 11.5 Å². The molecule has 0 aliphatic rings. The lowest BCUT2D eigenvalue weighted by Gasteiger charge is -2.02. The van der Waals surface area contributed by atoms with Gasteiger partial charge in [0.15, 0.2) is 0 Å². The predicted octanol–water partition coefficient (Wildman–Crippen LogP) is -1.05. The van der Waals surface area contributed by atoms with Crippen molar-refractivity contribution in [3.8, 4) is 0 Å². The summed E-state index contributed by atoms with van der Waals surface area (Å²) >= 11 is 0. The Morgan fingerprint density at radius 1 is 0.833 bits per heavy atom. The molecule has 0 aliphatic carbocycles. The van der Waals surface area contributed by atoms with Gasteiger partial charge in [-0.05, 0) is 11.1 Å². The highest BCUT2D eigenvalue weighted by atomic mass is 16.0. The second-order valence-electron chi connectivity index (χ2n) is 2.18. The van der Waals surface area contributed by atoms with Gasteiger partial charge in [0, 0.05) is 13.1 Å². The van der Waals surface area contributed by atoms with Crippen LogP contribution in [0, 0.1) is 0 Å². The van der Waals surface area contributed by atoms with Gasteiger partial charge >= 0.3 is 0 Å². The Kier molecular flexibility index (Phi) is 7.67. The van der Waals surface area contributed by atoms with Crippen molar-refractivity contribution < 1.29 is 11.0 Å². The quantitative estimate of drug-likeness (QED) is 0.592. The maximum Gasteiger partial charge on any atom is 0.0181 e. The zero-order chi connectivity index (χ0) is 7.40. The second-order valence-corrected chi connectivity index (χ2v) is 2.18. The molecule has 70 valence electrons. The van der Waals surface area contributed by atoms with Gasteiger partial charge in [-0.25, -0.2) is 0 Å². The monoisotopic (exact) mass is 172 g/mol. The molecule has 0 radical (unpaired) electrons. The fraction of sp³-hybridized carbons (Fsp3) is 0.250. The summed E-state index contributed by atoms with van der Waals surface area (Å²) in [6.07, 6.45) is 0. The van der Waals surface area contributed by atoms with Crippen LogP contribution in [0.25, 0.3) is 0 Å². The third-order valence-corrected chi connectivity index (χ3v) is 1.56. The standard InChI is InChI=1S/C8H12N2.2H2O/c9-5-7-3-1-2-4-8(7)6-10;;/h1-4H,5-6,9-10H2;2*1H2. The van der Waals surface area contributed by atoms with Crippen LogP contribution in [0.3, 0.4) is 0 Å². The molecule has 0 saturated carbocycles. The minimum Gasteiger partial charge on any atom is -0.412 e. The largest absolute Gasteiger partial charge is 0.412 e. The number of hydrogen-bond donors (Lipinski definition) is 2. The molecule has 4 heteroatoms. The minimum absolute atomic E-state index is 0. The van der Waals surface area contributed by atoms with Gasteiger partial charge < -0.3 is 22.4 Å². The zero-order valence-corrected chi connectivity index (χ0v) is 6.88. The molecule has 12 heavy (non-hydrogen) atoms. The Labute approximate surface area is 71.8 Å². The fourth-order valence-electron chi connectivity index (χ4n) is 0.956. The Morgan fingerprint density at radius 2 is 1.17 bits per heavy atom. The van der Waals surface area contributed by atoms with Crippen LogP contribution in [0.5, 0.6) is 0 Å². The van der Waals surface area contributed by atoms with Crippen LogP contribution in [-0.2, 0) is 13.1 Å². The smallest absolute Gasteiger partial charge is 0.0181 e. The first-order valence-electron chi connectivity index (χ1n) is 3.35. The lowest BCUT2D eigenvalue weighted by atomic mass is 10.1. The van der Waals surface area contributed by atoms with Gasteiger partial charge in [0.2, 0.25) is 0 Å². The summed E-state index contributed by atoms with van der Waals surface area (Å²) in [4.78, 5) is 0. The van der Waals surface area contributed by atoms with E-state index in [4.69, 9.17) is 11.5 Å². The zero-order valence-electron chi connectivity index (χ0n) is 6.88. The first kappa shape index (κ1) is 13.6. The van der Waals surface area contributed by atoms with Crippen LogP contribution in [-0.4, -0.2) is 11.0 Å². The third kappa shape index (κ3) is 2.98. The molecule has 1 aromatic rings. The first-order valence-corrected chi connectivity index (χ1v) is 3.35. The molecular formula is C8H16N2O2. The van der Waals surface area contributed by atoms with Crippen molar-refractivity contribution in [3.63, 3.8) is 0 Å². The molecule has 1 aromatic carbocycles. The molecule has 0 aliphatic heterocycles. The molecule has 0 aromatic heterocycles. The molecule has 0 saturated heterocycles. The van der Waals surface area contributed by atoms with Crippen molar-refractivity contribution in [2.24, 2.45) is 11.5 Å². The maximum atomic E-state index is 5.47. The molecule has 0 atom stereocenters. The van der Waals surface area contributed by atoms with Gasteiger partial charge in [-0.15, -0.1) is 0 Å². The number of nitrogens with two attached hydrogens (primary N) is 2. The summed E-state index contributed by atoms with van der Waals surface area (Å²) in [6, 6.07) is 7.95. The van der Waals surface area contributed by atoms with E-state index >= 15 is 0 Å². The highest BCUT2D eigenvalue weighted by Gasteiger charge is 1.94. The fourth-order valence-corrected chi connectivity index (χ4v) is 0.956. The molecule has 0 unspecified atom stereocenters. The summed E-state index contributed by atoms with van der Waals surface area (Å²) in [6.45, 7) is 1.15. The maximum absolute atomic E-state index is 5.47. The van der Waals surface area contributed by atoms with E-state index in [1.165, 1.54) is 0 Å². The summed E-state index contributed by atoms with van der Waals surface area (Å²) in [5, 5.41) is 0. The number of benzene rings is 1. The molecule has 0 bridgehead atoms. The topological polar surface area (TPSA) is 115 Å². The van der Waals surface area contributed by atoms with Crippen molar-refractivity contribution in [2.45, 2.75) is 13.1 Å². The van der Waals surface area contributed by atoms with Crippen LogP contribution >= 0.6 is 0 Å². The van der Waals surface area contributed by atoms with E-state index in [9.17, 15) is 0 Å². The van der Waals surface area contributed by atoms with E-state index < -0.39 is 0 Å². The average molecular weight is 172 g/mol. The van der Waals surface area contributed by atoms with Gasteiger partial charge in [0.25, 0.3) is 0 Å². The Hall–Kier alpha value is -0.940. The van der Waals surface area contributed by atoms with Gasteiger partial charge in [0.1, 0.15) is 0 Å². The summed E-state index contributed by atoms with van der Waals surface area (Å²) in [7, 11) is 0. The highest BCUT2D eigenvalue weighted by Crippen LogP contribution is 2.05. The van der Waals surface area contributed by atoms with Crippen molar-refractivity contribution in [2.75, 3.05) is 0 Å². The van der Waals surface area contributed by atoms with E-state index in [1.807, 2.05) is 24.3 Å². The summed E-state index contributed by atoms with van der Waals surface area (Å²) < 4.78 is 0. The van der Waals surface area contributed by atoms with E-state index in [0.29, 0.717) is 13.1 Å². The van der Waals surface area contributed by atoms with Crippen molar-refractivity contribution >= 4 is 0 Å². The van der Waals surface area contributed by atoms with Gasteiger partial charge in [-0.3, -0.25) is 0 Å². The van der Waals surface area contributed by atoms with E-state index in [1.54, 1.807) is 0 Å². The van der Waals surface area contributed by atoms with Crippen LogP contribution in [0.2, 0.25) is 0 Å². The van der Waals surface area contributed by atoms with Gasteiger partial charge in [-0.1, -0.05) is 24.3 Å². The van der Waals surface area contributed by atoms with Crippen molar-refractivity contribution in [3.05, 3.63) is 35.4 Å². The molecule has 1 rings (SSSR count). The molecular weight excluding hydrogens is 156 g/mol. The first-order chi connectivity index (χ1) is 4.88. The highest BCUT2D eigenvalue weighted by molar-refractivity contribution is 5.26. The van der Waals surface area contributed by atoms with Gasteiger partial charge in [0.05, 0.1) is 0 Å². The molecule has 0 amide bonds. The molecule has 8 N–H and O–H groups in total. The SMILES string of the molecule is NCc1ccccc1CN.O.O. The molecule has 0 spiro atoms. The Morgan fingerprint density at radius 3 is 1.42 bits per heavy atom. The third-order valence-electron chi connectivity index (χ3n) is 1.56. The number of hydrogen-bond acceptors (Lipinski definition) is 2. The lowest BCUT2D eigenvalue weighted by molar-refractivity contribution is 0.823. The van der Waals surface area contributed by atoms with Crippen LogP contribution in [0.1, 0.15) is 11.1 Å². The van der Waals surface area contributed by atoms with E-state index in [0.717, 1.165) is 11.1 Å². The van der Waals surface area contributed by atoms with E-state index in [-0.39, 0.29) is 11.0 Å². The van der Waals surface area contributed by atoms with E-state index in [2.05, 4.69) is 0 Å². The Balaban J connectivity index is 0. The lowest BCUT2D eigenvalue weighted by Crippen LogP contribution is -2.05. The summed E-state index contributed by atoms with van der Waals surface area (Å²) in [5.41, 5.74) is 13.2. The Bertz CT molecular complexity index is 193. The van der Waals surface area contributed by atoms with Crippen LogP contribution in [0.15, 0.2) is 24.3 Å². The van der Waals surface area contributed by atoms with Crippen LogP contribution in [0.4, 0.5) is 0 Å². The number of rotatable bonds is 2. The summed E-state index contributed by atoms with van der Waals surface area (Å²) in [5.74, 6) is 0. The molecule has 0 heterocycles. The van der Waals surface area contributed by atoms with Gasteiger partial charge in [-0.2, -0.15) is 0 Å². The predicted molar refractivity (Wildman–Crippen MR) is 49.5 cm³/mol. The average Bonchev–Trinajstić information content (AvgIpc) is 2.04. The molecule has 4 nitrogen and oxygen atoms in total.